The maximum absolute atomic E-state index is 13.2. The van der Waals surface area contributed by atoms with E-state index in [1.807, 2.05) is 48.0 Å². The molecule has 3 rings (SSSR count). The van der Waals surface area contributed by atoms with Crippen molar-refractivity contribution in [2.75, 3.05) is 7.11 Å². The van der Waals surface area contributed by atoms with Crippen LogP contribution < -0.4 is 0 Å². The largest absolute Gasteiger partial charge is 0.465 e. The number of carbonyl (C=O) groups is 1. The molecule has 24 heavy (non-hydrogen) atoms. The maximum Gasteiger partial charge on any atom is 0.340 e. The molecule has 3 nitrogen and oxygen atoms in total. The molecule has 1 heterocycles. The molecule has 0 atom stereocenters. The molecule has 1 aromatic heterocycles. The molecule has 4 heteroatoms. The van der Waals surface area contributed by atoms with Gasteiger partial charge >= 0.3 is 5.97 Å². The van der Waals surface area contributed by atoms with Crippen molar-refractivity contribution >= 4 is 5.97 Å². The second-order valence-corrected chi connectivity index (χ2v) is 5.62. The molecule has 0 saturated carbocycles. The van der Waals surface area contributed by atoms with Gasteiger partial charge in [0.05, 0.1) is 12.7 Å². The van der Waals surface area contributed by atoms with Crippen molar-refractivity contribution in [3.05, 3.63) is 83.4 Å². The Morgan fingerprint density at radius 3 is 2.38 bits per heavy atom. The van der Waals surface area contributed by atoms with Gasteiger partial charge in [-0.25, -0.2) is 9.18 Å². The van der Waals surface area contributed by atoms with E-state index in [9.17, 15) is 9.18 Å². The van der Waals surface area contributed by atoms with Crippen LogP contribution in [0.15, 0.2) is 60.8 Å². The zero-order valence-corrected chi connectivity index (χ0v) is 13.6. The molecular weight excluding hydrogens is 305 g/mol. The van der Waals surface area contributed by atoms with E-state index in [2.05, 4.69) is 0 Å². The summed E-state index contributed by atoms with van der Waals surface area (Å²) in [4.78, 5) is 12.3. The van der Waals surface area contributed by atoms with Gasteiger partial charge in [0.15, 0.2) is 0 Å². The third-order valence-electron chi connectivity index (χ3n) is 4.09. The summed E-state index contributed by atoms with van der Waals surface area (Å²) in [5, 5.41) is 0. The zero-order valence-electron chi connectivity index (χ0n) is 13.6. The first-order valence-electron chi connectivity index (χ1n) is 7.68. The number of benzene rings is 2. The fourth-order valence-corrected chi connectivity index (χ4v) is 2.81. The molecule has 0 saturated heterocycles. The molecule has 0 fully saturated rings. The van der Waals surface area contributed by atoms with Crippen molar-refractivity contribution in [2.45, 2.75) is 13.5 Å². The number of esters is 1. The van der Waals surface area contributed by atoms with Gasteiger partial charge in [-0.2, -0.15) is 0 Å². The van der Waals surface area contributed by atoms with Crippen LogP contribution in [0, 0.1) is 12.7 Å². The summed E-state index contributed by atoms with van der Waals surface area (Å²) in [5.74, 6) is -0.697. The van der Waals surface area contributed by atoms with Crippen LogP contribution in [0.5, 0.6) is 0 Å². The Balaban J connectivity index is 2.08. The van der Waals surface area contributed by atoms with Crippen LogP contribution in [0.3, 0.4) is 0 Å². The standard InChI is InChI=1S/C20H18FNO2/c1-14-19(20(23)24-2)18(16-8-10-17(21)11-9-16)13-22(14)12-15-6-4-3-5-7-15/h3-11,13H,12H2,1-2H3. The lowest BCUT2D eigenvalue weighted by atomic mass is 10.0. The van der Waals surface area contributed by atoms with Gasteiger partial charge in [-0.3, -0.25) is 0 Å². The second kappa shape index (κ2) is 6.71. The van der Waals surface area contributed by atoms with Gasteiger partial charge < -0.3 is 9.30 Å². The Hall–Kier alpha value is -2.88. The van der Waals surface area contributed by atoms with Crippen molar-refractivity contribution in [1.82, 2.24) is 4.57 Å². The Kier molecular flexibility index (Phi) is 4.47. The normalized spacial score (nSPS) is 10.6. The molecule has 0 radical (unpaired) electrons. The third kappa shape index (κ3) is 3.08. The van der Waals surface area contributed by atoms with Crippen LogP contribution >= 0.6 is 0 Å². The van der Waals surface area contributed by atoms with Gasteiger partial charge in [0.1, 0.15) is 5.82 Å². The number of hydrogen-bond acceptors (Lipinski definition) is 2. The fourth-order valence-electron chi connectivity index (χ4n) is 2.81. The molecule has 0 aliphatic heterocycles. The predicted octanol–water partition coefficient (Wildman–Crippen LogP) is 4.44. The van der Waals surface area contributed by atoms with Crippen LogP contribution in [0.4, 0.5) is 4.39 Å². The molecule has 0 bridgehead atoms. The molecule has 0 spiro atoms. The molecule has 2 aromatic carbocycles. The number of hydrogen-bond donors (Lipinski definition) is 0. The number of nitrogens with zero attached hydrogens (tertiary/aromatic N) is 1. The summed E-state index contributed by atoms with van der Waals surface area (Å²) in [6.07, 6.45) is 1.92. The van der Waals surface area contributed by atoms with E-state index in [1.54, 1.807) is 12.1 Å². The highest BCUT2D eigenvalue weighted by Gasteiger charge is 2.21. The molecule has 3 aromatic rings. The highest BCUT2D eigenvalue weighted by Crippen LogP contribution is 2.29. The van der Waals surface area contributed by atoms with Gasteiger partial charge in [0.2, 0.25) is 0 Å². The van der Waals surface area contributed by atoms with Crippen molar-refractivity contribution in [1.29, 1.82) is 0 Å². The lowest BCUT2D eigenvalue weighted by Crippen LogP contribution is -2.06. The average molecular weight is 323 g/mol. The van der Waals surface area contributed by atoms with Crippen LogP contribution in [-0.2, 0) is 11.3 Å². The van der Waals surface area contributed by atoms with E-state index in [0.717, 1.165) is 22.4 Å². The predicted molar refractivity (Wildman–Crippen MR) is 91.4 cm³/mol. The van der Waals surface area contributed by atoms with E-state index >= 15 is 0 Å². The lowest BCUT2D eigenvalue weighted by Gasteiger charge is -2.07. The van der Waals surface area contributed by atoms with E-state index in [-0.39, 0.29) is 5.82 Å². The van der Waals surface area contributed by atoms with Crippen molar-refractivity contribution in [2.24, 2.45) is 0 Å². The van der Waals surface area contributed by atoms with Gasteiger partial charge in [0, 0.05) is 24.0 Å². The fraction of sp³-hybridized carbons (Fsp3) is 0.150. The zero-order chi connectivity index (χ0) is 17.1. The first-order chi connectivity index (χ1) is 11.6. The second-order valence-electron chi connectivity index (χ2n) is 5.62. The van der Waals surface area contributed by atoms with Crippen LogP contribution in [0.25, 0.3) is 11.1 Å². The van der Waals surface area contributed by atoms with E-state index in [4.69, 9.17) is 4.74 Å². The van der Waals surface area contributed by atoms with Crippen molar-refractivity contribution in [3.8, 4) is 11.1 Å². The molecular formula is C20H18FNO2. The van der Waals surface area contributed by atoms with E-state index in [0.29, 0.717) is 12.1 Å². The van der Waals surface area contributed by atoms with E-state index in [1.165, 1.54) is 19.2 Å². The smallest absolute Gasteiger partial charge is 0.340 e. The molecule has 0 aliphatic rings. The topological polar surface area (TPSA) is 31.2 Å². The summed E-state index contributed by atoms with van der Waals surface area (Å²) in [7, 11) is 1.37. The summed E-state index contributed by atoms with van der Waals surface area (Å²) >= 11 is 0. The minimum Gasteiger partial charge on any atom is -0.465 e. The molecule has 122 valence electrons. The summed E-state index contributed by atoms with van der Waals surface area (Å²) in [5.41, 5.74) is 4.00. The Morgan fingerprint density at radius 1 is 1.08 bits per heavy atom. The Bertz CT molecular complexity index is 851. The highest BCUT2D eigenvalue weighted by molar-refractivity contribution is 5.98. The Morgan fingerprint density at radius 2 is 1.75 bits per heavy atom. The van der Waals surface area contributed by atoms with Crippen molar-refractivity contribution in [3.63, 3.8) is 0 Å². The Labute approximate surface area is 140 Å². The van der Waals surface area contributed by atoms with Gasteiger partial charge in [-0.15, -0.1) is 0 Å². The SMILES string of the molecule is COC(=O)c1c(-c2ccc(F)cc2)cn(Cc2ccccc2)c1C. The molecule has 0 unspecified atom stereocenters. The van der Waals surface area contributed by atoms with E-state index < -0.39 is 5.97 Å². The maximum atomic E-state index is 13.2. The molecule has 0 N–H and O–H groups in total. The molecule has 0 amide bonds. The van der Waals surface area contributed by atoms with Gasteiger partial charge in [-0.1, -0.05) is 42.5 Å². The average Bonchev–Trinajstić information content (AvgIpc) is 2.92. The molecule has 0 aliphatic carbocycles. The first kappa shape index (κ1) is 16.0. The van der Waals surface area contributed by atoms with Crippen LogP contribution in [0.2, 0.25) is 0 Å². The van der Waals surface area contributed by atoms with Gasteiger partial charge in [-0.05, 0) is 30.2 Å². The van der Waals surface area contributed by atoms with Crippen LogP contribution in [0.1, 0.15) is 21.6 Å². The number of methoxy groups -OCH3 is 1. The number of carbonyl (C=O) groups excluding carboxylic acids is 1. The highest BCUT2D eigenvalue weighted by atomic mass is 19.1. The summed E-state index contributed by atoms with van der Waals surface area (Å²) in [6.45, 7) is 2.54. The minimum atomic E-state index is -0.390. The number of rotatable bonds is 4. The number of halogens is 1. The van der Waals surface area contributed by atoms with Gasteiger partial charge in [0.25, 0.3) is 0 Å². The van der Waals surface area contributed by atoms with Crippen LogP contribution in [-0.4, -0.2) is 17.6 Å². The van der Waals surface area contributed by atoms with Crippen molar-refractivity contribution < 1.29 is 13.9 Å². The summed E-state index contributed by atoms with van der Waals surface area (Å²) < 4.78 is 20.2. The number of aromatic nitrogens is 1. The lowest BCUT2D eigenvalue weighted by molar-refractivity contribution is 0.0600. The minimum absolute atomic E-state index is 0.307. The first-order valence-corrected chi connectivity index (χ1v) is 7.68. The quantitative estimate of drug-likeness (QED) is 0.665. The summed E-state index contributed by atoms with van der Waals surface area (Å²) in [6, 6.07) is 16.1. The number of ether oxygens (including phenoxy) is 1. The monoisotopic (exact) mass is 323 g/mol. The third-order valence-corrected chi connectivity index (χ3v) is 4.09.